The molecule has 2 aromatic rings. The van der Waals surface area contributed by atoms with E-state index in [1.807, 2.05) is 13.1 Å². The van der Waals surface area contributed by atoms with Crippen molar-refractivity contribution in [3.63, 3.8) is 0 Å². The number of hydrogen-bond donors (Lipinski definition) is 2. The highest BCUT2D eigenvalue weighted by Crippen LogP contribution is 2.19. The summed E-state index contributed by atoms with van der Waals surface area (Å²) >= 11 is 1.77. The summed E-state index contributed by atoms with van der Waals surface area (Å²) in [4.78, 5) is 1.30. The third kappa shape index (κ3) is 3.15. The maximum atomic E-state index is 4.03. The van der Waals surface area contributed by atoms with E-state index in [4.69, 9.17) is 0 Å². The van der Waals surface area contributed by atoms with Gasteiger partial charge in [-0.3, -0.25) is 5.10 Å². The van der Waals surface area contributed by atoms with Crippen LogP contribution < -0.4 is 5.32 Å². The second-order valence-corrected chi connectivity index (χ2v) is 5.28. The third-order valence-corrected chi connectivity index (χ3v) is 3.89. The smallest absolute Gasteiger partial charge is 0.0535 e. The SMILES string of the molecule is CSc1ccc(C(C)NCc2cn[nH]c2C)cc1. The standard InChI is InChI=1S/C14H19N3S/c1-10(12-4-6-14(18-3)7-5-12)15-8-13-9-16-17-11(13)2/h4-7,9-10,15H,8H2,1-3H3,(H,16,17). The fourth-order valence-electron chi connectivity index (χ4n) is 1.83. The lowest BCUT2D eigenvalue weighted by molar-refractivity contribution is 0.573. The van der Waals surface area contributed by atoms with E-state index < -0.39 is 0 Å². The van der Waals surface area contributed by atoms with Crippen LogP contribution in [0.3, 0.4) is 0 Å². The van der Waals surface area contributed by atoms with Crippen molar-refractivity contribution in [3.8, 4) is 0 Å². The molecule has 1 atom stereocenters. The molecule has 1 aromatic heterocycles. The highest BCUT2D eigenvalue weighted by molar-refractivity contribution is 7.98. The van der Waals surface area contributed by atoms with Crippen molar-refractivity contribution in [2.24, 2.45) is 0 Å². The van der Waals surface area contributed by atoms with E-state index in [-0.39, 0.29) is 0 Å². The van der Waals surface area contributed by atoms with Gasteiger partial charge in [0.15, 0.2) is 0 Å². The summed E-state index contributed by atoms with van der Waals surface area (Å²) in [5, 5.41) is 10.5. The molecule has 0 saturated carbocycles. The van der Waals surface area contributed by atoms with Crippen molar-refractivity contribution in [2.75, 3.05) is 6.26 Å². The summed E-state index contributed by atoms with van der Waals surface area (Å²) in [6, 6.07) is 9.05. The van der Waals surface area contributed by atoms with E-state index in [0.717, 1.165) is 12.2 Å². The van der Waals surface area contributed by atoms with Crippen LogP contribution in [0.2, 0.25) is 0 Å². The lowest BCUT2D eigenvalue weighted by Gasteiger charge is -2.14. The average Bonchev–Trinajstić information content (AvgIpc) is 2.81. The van der Waals surface area contributed by atoms with Gasteiger partial charge >= 0.3 is 0 Å². The summed E-state index contributed by atoms with van der Waals surface area (Å²) < 4.78 is 0. The molecule has 1 heterocycles. The monoisotopic (exact) mass is 261 g/mol. The molecule has 2 N–H and O–H groups in total. The van der Waals surface area contributed by atoms with Gasteiger partial charge in [0.25, 0.3) is 0 Å². The number of rotatable bonds is 5. The Morgan fingerprint density at radius 1 is 1.33 bits per heavy atom. The molecule has 0 fully saturated rings. The Labute approximate surface area is 112 Å². The third-order valence-electron chi connectivity index (χ3n) is 3.15. The Morgan fingerprint density at radius 3 is 2.61 bits per heavy atom. The first-order chi connectivity index (χ1) is 8.70. The lowest BCUT2D eigenvalue weighted by Crippen LogP contribution is -2.18. The van der Waals surface area contributed by atoms with Gasteiger partial charge in [-0.25, -0.2) is 0 Å². The first kappa shape index (κ1) is 13.2. The quantitative estimate of drug-likeness (QED) is 0.811. The van der Waals surface area contributed by atoms with Crippen LogP contribution in [0.15, 0.2) is 35.4 Å². The predicted octanol–water partition coefficient (Wildman–Crippen LogP) is 3.29. The lowest BCUT2D eigenvalue weighted by atomic mass is 10.1. The Hall–Kier alpha value is -1.26. The molecule has 0 bridgehead atoms. The molecule has 0 aliphatic carbocycles. The second-order valence-electron chi connectivity index (χ2n) is 4.40. The molecular formula is C14H19N3S. The van der Waals surface area contributed by atoms with Gasteiger partial charge in [-0.2, -0.15) is 5.10 Å². The van der Waals surface area contributed by atoms with E-state index in [9.17, 15) is 0 Å². The summed E-state index contributed by atoms with van der Waals surface area (Å²) in [5.41, 5.74) is 3.67. The number of nitrogens with zero attached hydrogens (tertiary/aromatic N) is 1. The van der Waals surface area contributed by atoms with E-state index in [1.165, 1.54) is 16.0 Å². The van der Waals surface area contributed by atoms with E-state index in [0.29, 0.717) is 6.04 Å². The maximum Gasteiger partial charge on any atom is 0.0535 e. The zero-order valence-electron chi connectivity index (χ0n) is 11.0. The van der Waals surface area contributed by atoms with Crippen LogP contribution in [0.5, 0.6) is 0 Å². The molecule has 96 valence electrons. The second kappa shape index (κ2) is 6.07. The topological polar surface area (TPSA) is 40.7 Å². The number of H-pyrrole nitrogens is 1. The average molecular weight is 261 g/mol. The van der Waals surface area contributed by atoms with Gasteiger partial charge in [-0.05, 0) is 37.8 Å². The first-order valence-electron chi connectivity index (χ1n) is 6.07. The zero-order chi connectivity index (χ0) is 13.0. The van der Waals surface area contributed by atoms with Crippen LogP contribution in [0, 0.1) is 6.92 Å². The molecule has 0 aliphatic rings. The molecule has 0 radical (unpaired) electrons. The van der Waals surface area contributed by atoms with Crippen molar-refractivity contribution in [3.05, 3.63) is 47.3 Å². The number of hydrogen-bond acceptors (Lipinski definition) is 3. The number of nitrogens with one attached hydrogen (secondary N) is 2. The van der Waals surface area contributed by atoms with Crippen molar-refractivity contribution in [2.45, 2.75) is 31.3 Å². The van der Waals surface area contributed by atoms with E-state index in [2.05, 4.69) is 53.0 Å². The molecular weight excluding hydrogens is 242 g/mol. The summed E-state index contributed by atoms with van der Waals surface area (Å²) in [6.07, 6.45) is 3.98. The van der Waals surface area contributed by atoms with E-state index >= 15 is 0 Å². The van der Waals surface area contributed by atoms with Crippen molar-refractivity contribution in [1.82, 2.24) is 15.5 Å². The summed E-state index contributed by atoms with van der Waals surface area (Å²) in [5.74, 6) is 0. The van der Waals surface area contributed by atoms with Crippen LogP contribution in [-0.4, -0.2) is 16.5 Å². The van der Waals surface area contributed by atoms with E-state index in [1.54, 1.807) is 11.8 Å². The minimum atomic E-state index is 0.343. The Morgan fingerprint density at radius 2 is 2.06 bits per heavy atom. The summed E-state index contributed by atoms with van der Waals surface area (Å²) in [7, 11) is 0. The normalized spacial score (nSPS) is 12.6. The van der Waals surface area contributed by atoms with Gasteiger partial charge < -0.3 is 5.32 Å². The van der Waals surface area contributed by atoms with Gasteiger partial charge in [-0.1, -0.05) is 12.1 Å². The van der Waals surface area contributed by atoms with Crippen LogP contribution in [0.4, 0.5) is 0 Å². The number of thioether (sulfide) groups is 1. The van der Waals surface area contributed by atoms with Crippen molar-refractivity contribution in [1.29, 1.82) is 0 Å². The van der Waals surface area contributed by atoms with Gasteiger partial charge in [-0.15, -0.1) is 11.8 Å². The van der Waals surface area contributed by atoms with Gasteiger partial charge in [0, 0.05) is 28.7 Å². The Kier molecular flexibility index (Phi) is 4.44. The summed E-state index contributed by atoms with van der Waals surface area (Å²) in [6.45, 7) is 5.07. The zero-order valence-corrected chi connectivity index (χ0v) is 11.8. The van der Waals surface area contributed by atoms with Gasteiger partial charge in [0.1, 0.15) is 0 Å². The maximum absolute atomic E-state index is 4.03. The fourth-order valence-corrected chi connectivity index (χ4v) is 2.24. The predicted molar refractivity (Wildman–Crippen MR) is 76.8 cm³/mol. The molecule has 1 unspecified atom stereocenters. The number of aromatic nitrogens is 2. The molecule has 4 heteroatoms. The highest BCUT2D eigenvalue weighted by Gasteiger charge is 2.06. The molecule has 0 spiro atoms. The number of benzene rings is 1. The number of aromatic amines is 1. The molecule has 1 aromatic carbocycles. The van der Waals surface area contributed by atoms with Crippen LogP contribution >= 0.6 is 11.8 Å². The minimum Gasteiger partial charge on any atom is -0.306 e. The molecule has 0 aliphatic heterocycles. The number of aryl methyl sites for hydroxylation is 1. The Bertz CT molecular complexity index is 490. The molecule has 0 amide bonds. The van der Waals surface area contributed by atoms with Gasteiger partial charge in [0.2, 0.25) is 0 Å². The van der Waals surface area contributed by atoms with Crippen molar-refractivity contribution >= 4 is 11.8 Å². The largest absolute Gasteiger partial charge is 0.306 e. The Balaban J connectivity index is 1.94. The van der Waals surface area contributed by atoms with Gasteiger partial charge in [0.05, 0.1) is 6.20 Å². The molecule has 3 nitrogen and oxygen atoms in total. The van der Waals surface area contributed by atoms with Crippen LogP contribution in [0.1, 0.15) is 29.8 Å². The van der Waals surface area contributed by atoms with Crippen LogP contribution in [0.25, 0.3) is 0 Å². The fraction of sp³-hybridized carbons (Fsp3) is 0.357. The van der Waals surface area contributed by atoms with Crippen LogP contribution in [-0.2, 0) is 6.54 Å². The molecule has 0 saturated heterocycles. The minimum absolute atomic E-state index is 0.343. The molecule has 2 rings (SSSR count). The van der Waals surface area contributed by atoms with Crippen molar-refractivity contribution < 1.29 is 0 Å². The molecule has 18 heavy (non-hydrogen) atoms. The highest BCUT2D eigenvalue weighted by atomic mass is 32.2. The first-order valence-corrected chi connectivity index (χ1v) is 7.29.